The first-order valence-electron chi connectivity index (χ1n) is 5.74. The molecule has 0 unspecified atom stereocenters. The predicted octanol–water partition coefficient (Wildman–Crippen LogP) is 2.34. The summed E-state index contributed by atoms with van der Waals surface area (Å²) in [6.45, 7) is 0. The number of carbonyl (C=O) groups excluding carboxylic acids is 1. The maximum Gasteiger partial charge on any atom is 0.356 e. The molecular weight excluding hydrogens is 324 g/mol. The quantitative estimate of drug-likeness (QED) is 0.673. The molecular formula is C13H9BrN4O2. The van der Waals surface area contributed by atoms with Gasteiger partial charge in [-0.1, -0.05) is 6.07 Å². The lowest BCUT2D eigenvalue weighted by Crippen LogP contribution is -2.08. The standard InChI is InChI=1S/C13H9BrN4O2/c1-20-13(19)10-3-2-4-11-16-12(17-18(10)11)8-5-9(14)7-15-6-8/h2-7H,1H3. The largest absolute Gasteiger partial charge is 0.464 e. The van der Waals surface area contributed by atoms with Gasteiger partial charge in [-0.3, -0.25) is 4.98 Å². The van der Waals surface area contributed by atoms with Crippen molar-refractivity contribution in [2.24, 2.45) is 0 Å². The van der Waals surface area contributed by atoms with Crippen LogP contribution < -0.4 is 0 Å². The lowest BCUT2D eigenvalue weighted by atomic mass is 10.3. The Morgan fingerprint density at radius 2 is 2.20 bits per heavy atom. The van der Waals surface area contributed by atoms with Crippen molar-refractivity contribution in [2.75, 3.05) is 7.11 Å². The van der Waals surface area contributed by atoms with Crippen molar-refractivity contribution < 1.29 is 9.53 Å². The van der Waals surface area contributed by atoms with Gasteiger partial charge in [0, 0.05) is 22.4 Å². The first kappa shape index (κ1) is 12.7. The molecule has 0 aromatic carbocycles. The SMILES string of the molecule is COC(=O)c1cccc2nc(-c3cncc(Br)c3)nn12. The first-order valence-corrected chi connectivity index (χ1v) is 6.53. The third-order valence-corrected chi connectivity index (χ3v) is 3.15. The molecule has 0 saturated carbocycles. The summed E-state index contributed by atoms with van der Waals surface area (Å²) >= 11 is 3.35. The number of aromatic nitrogens is 4. The molecule has 0 aliphatic carbocycles. The van der Waals surface area contributed by atoms with Crippen LogP contribution in [0.5, 0.6) is 0 Å². The van der Waals surface area contributed by atoms with Gasteiger partial charge >= 0.3 is 5.97 Å². The van der Waals surface area contributed by atoms with Crippen LogP contribution in [0.1, 0.15) is 10.5 Å². The van der Waals surface area contributed by atoms with Crippen molar-refractivity contribution in [1.29, 1.82) is 0 Å². The minimum absolute atomic E-state index is 0.326. The van der Waals surface area contributed by atoms with E-state index in [-0.39, 0.29) is 0 Å². The minimum atomic E-state index is -0.459. The summed E-state index contributed by atoms with van der Waals surface area (Å²) in [6, 6.07) is 7.00. The highest BCUT2D eigenvalue weighted by Crippen LogP contribution is 2.20. The molecule has 0 saturated heterocycles. The summed E-state index contributed by atoms with van der Waals surface area (Å²) in [6.07, 6.45) is 3.34. The van der Waals surface area contributed by atoms with Crippen LogP contribution in [0.15, 0.2) is 41.1 Å². The van der Waals surface area contributed by atoms with Gasteiger partial charge in [0.25, 0.3) is 0 Å². The number of nitrogens with zero attached hydrogens (tertiary/aromatic N) is 4. The second-order valence-corrected chi connectivity index (χ2v) is 4.92. The van der Waals surface area contributed by atoms with E-state index in [1.807, 2.05) is 6.07 Å². The number of hydrogen-bond donors (Lipinski definition) is 0. The van der Waals surface area contributed by atoms with Crippen molar-refractivity contribution >= 4 is 27.5 Å². The van der Waals surface area contributed by atoms with Gasteiger partial charge in [-0.05, 0) is 34.1 Å². The zero-order valence-electron chi connectivity index (χ0n) is 10.4. The number of pyridine rings is 2. The van der Waals surface area contributed by atoms with E-state index in [0.717, 1.165) is 10.0 Å². The molecule has 0 spiro atoms. The van der Waals surface area contributed by atoms with E-state index >= 15 is 0 Å². The Labute approximate surface area is 122 Å². The van der Waals surface area contributed by atoms with Crippen LogP contribution in [0.3, 0.4) is 0 Å². The van der Waals surface area contributed by atoms with Gasteiger partial charge in [-0.15, -0.1) is 5.10 Å². The fourth-order valence-corrected chi connectivity index (χ4v) is 2.19. The Morgan fingerprint density at radius 3 is 2.95 bits per heavy atom. The Hall–Kier alpha value is -2.28. The van der Waals surface area contributed by atoms with E-state index in [2.05, 4.69) is 31.0 Å². The summed E-state index contributed by atoms with van der Waals surface area (Å²) in [4.78, 5) is 20.2. The molecule has 3 heterocycles. The maximum absolute atomic E-state index is 11.7. The molecule has 0 amide bonds. The molecule has 0 bridgehead atoms. The number of carbonyl (C=O) groups is 1. The first-order chi connectivity index (χ1) is 9.69. The van der Waals surface area contributed by atoms with E-state index in [4.69, 9.17) is 4.74 Å². The van der Waals surface area contributed by atoms with Gasteiger partial charge in [0.2, 0.25) is 0 Å². The Kier molecular flexibility index (Phi) is 3.19. The number of methoxy groups -OCH3 is 1. The number of rotatable bonds is 2. The van der Waals surface area contributed by atoms with Crippen LogP contribution in [-0.4, -0.2) is 32.7 Å². The maximum atomic E-state index is 11.7. The molecule has 0 aliphatic heterocycles. The Balaban J connectivity index is 2.18. The van der Waals surface area contributed by atoms with Crippen LogP contribution in [0.4, 0.5) is 0 Å². The van der Waals surface area contributed by atoms with Crippen molar-refractivity contribution in [2.45, 2.75) is 0 Å². The van der Waals surface area contributed by atoms with Crippen molar-refractivity contribution in [3.05, 3.63) is 46.8 Å². The fourth-order valence-electron chi connectivity index (χ4n) is 1.82. The minimum Gasteiger partial charge on any atom is -0.464 e. The van der Waals surface area contributed by atoms with Gasteiger partial charge < -0.3 is 4.74 Å². The zero-order valence-corrected chi connectivity index (χ0v) is 12.0. The number of halogens is 1. The second kappa shape index (κ2) is 5.01. The summed E-state index contributed by atoms with van der Waals surface area (Å²) in [5.41, 5.74) is 1.66. The van der Waals surface area contributed by atoms with E-state index in [1.54, 1.807) is 30.6 Å². The van der Waals surface area contributed by atoms with Crippen LogP contribution in [-0.2, 0) is 4.74 Å². The van der Waals surface area contributed by atoms with Crippen LogP contribution >= 0.6 is 15.9 Å². The van der Waals surface area contributed by atoms with E-state index in [0.29, 0.717) is 17.2 Å². The molecule has 20 heavy (non-hydrogen) atoms. The number of esters is 1. The molecule has 3 rings (SSSR count). The van der Waals surface area contributed by atoms with Gasteiger partial charge in [0.05, 0.1) is 7.11 Å². The van der Waals surface area contributed by atoms with Crippen molar-refractivity contribution in [1.82, 2.24) is 19.6 Å². The normalized spacial score (nSPS) is 10.7. The van der Waals surface area contributed by atoms with Gasteiger partial charge in [-0.2, -0.15) is 0 Å². The summed E-state index contributed by atoms with van der Waals surface area (Å²) in [5, 5.41) is 4.34. The smallest absolute Gasteiger partial charge is 0.356 e. The average molecular weight is 333 g/mol. The second-order valence-electron chi connectivity index (χ2n) is 4.00. The molecule has 0 fully saturated rings. The van der Waals surface area contributed by atoms with Crippen LogP contribution in [0.25, 0.3) is 17.0 Å². The van der Waals surface area contributed by atoms with Crippen LogP contribution in [0, 0.1) is 0 Å². The lowest BCUT2D eigenvalue weighted by molar-refractivity contribution is 0.0591. The van der Waals surface area contributed by atoms with Crippen LogP contribution in [0.2, 0.25) is 0 Å². The highest BCUT2D eigenvalue weighted by atomic mass is 79.9. The number of hydrogen-bond acceptors (Lipinski definition) is 5. The monoisotopic (exact) mass is 332 g/mol. The topological polar surface area (TPSA) is 69.4 Å². The number of fused-ring (bicyclic) bond motifs is 1. The molecule has 0 N–H and O–H groups in total. The van der Waals surface area contributed by atoms with Crippen molar-refractivity contribution in [3.8, 4) is 11.4 Å². The molecule has 3 aromatic rings. The summed E-state index contributed by atoms with van der Waals surface area (Å²) < 4.78 is 7.03. The average Bonchev–Trinajstić information content (AvgIpc) is 2.90. The number of ether oxygens (including phenoxy) is 1. The van der Waals surface area contributed by atoms with Gasteiger partial charge in [-0.25, -0.2) is 14.3 Å². The third-order valence-electron chi connectivity index (χ3n) is 2.72. The highest BCUT2D eigenvalue weighted by Gasteiger charge is 2.14. The molecule has 0 aliphatic rings. The molecule has 3 aromatic heterocycles. The predicted molar refractivity (Wildman–Crippen MR) is 75.3 cm³/mol. The third kappa shape index (κ3) is 2.16. The Morgan fingerprint density at radius 1 is 1.35 bits per heavy atom. The molecule has 6 nitrogen and oxygen atoms in total. The zero-order chi connectivity index (χ0) is 14.1. The fraction of sp³-hybridized carbons (Fsp3) is 0.0769. The van der Waals surface area contributed by atoms with E-state index in [9.17, 15) is 4.79 Å². The molecule has 7 heteroatoms. The Bertz CT molecular complexity index is 800. The van der Waals surface area contributed by atoms with Gasteiger partial charge in [0.1, 0.15) is 0 Å². The summed E-state index contributed by atoms with van der Waals surface area (Å²) in [5.74, 6) is 0.0366. The van der Waals surface area contributed by atoms with Gasteiger partial charge in [0.15, 0.2) is 17.2 Å². The van der Waals surface area contributed by atoms with E-state index in [1.165, 1.54) is 11.6 Å². The molecule has 0 atom stereocenters. The highest BCUT2D eigenvalue weighted by molar-refractivity contribution is 9.10. The lowest BCUT2D eigenvalue weighted by Gasteiger charge is -2.00. The van der Waals surface area contributed by atoms with Crippen molar-refractivity contribution in [3.63, 3.8) is 0 Å². The summed E-state index contributed by atoms with van der Waals surface area (Å²) in [7, 11) is 1.33. The molecule has 0 radical (unpaired) electrons. The van der Waals surface area contributed by atoms with E-state index < -0.39 is 5.97 Å². The molecule has 100 valence electrons.